The van der Waals surface area contributed by atoms with Crippen molar-refractivity contribution in [3.63, 3.8) is 0 Å². The van der Waals surface area contributed by atoms with E-state index in [1.807, 2.05) is 33.9 Å². The van der Waals surface area contributed by atoms with Gasteiger partial charge in [-0.25, -0.2) is 4.39 Å². The summed E-state index contributed by atoms with van der Waals surface area (Å²) in [6.07, 6.45) is -1.37. The Bertz CT molecular complexity index is 204. The van der Waals surface area contributed by atoms with Gasteiger partial charge < -0.3 is 14.0 Å². The van der Waals surface area contributed by atoms with Gasteiger partial charge in [-0.1, -0.05) is 0 Å². The monoisotopic (exact) mass is 250 g/mol. The van der Waals surface area contributed by atoms with Gasteiger partial charge in [0.2, 0.25) is 0 Å². The number of alkyl halides is 1. The zero-order valence-corrected chi connectivity index (χ0v) is 12.0. The van der Waals surface area contributed by atoms with E-state index in [4.69, 9.17) is 9.16 Å². The minimum Gasteiger partial charge on any atom is -0.415 e. The molecule has 5 heteroatoms. The number of hydrogen-bond acceptors (Lipinski definition) is 3. The molecule has 0 radical (unpaired) electrons. The normalized spacial score (nSPS) is 16.2. The van der Waals surface area contributed by atoms with E-state index in [9.17, 15) is 9.18 Å². The molecule has 0 spiro atoms. The number of carbonyl (C=O) groups excluding carboxylic acids is 1. The fourth-order valence-corrected chi connectivity index (χ4v) is 2.16. The largest absolute Gasteiger partial charge is 0.415 e. The summed E-state index contributed by atoms with van der Waals surface area (Å²) in [6.45, 7) is 10.2. The standard InChI is InChI=1S/C11H23FO3Si/c1-11(2,3)14-8-10(15-16(4)5)6-9(12)7-13/h7,9-10,16H,6,8H2,1-5H3/t9-,10+/m1/s1. The van der Waals surface area contributed by atoms with E-state index in [0.717, 1.165) is 0 Å². The van der Waals surface area contributed by atoms with Crippen molar-refractivity contribution in [2.75, 3.05) is 6.61 Å². The Morgan fingerprint density at radius 3 is 2.31 bits per heavy atom. The molecule has 0 amide bonds. The van der Waals surface area contributed by atoms with Crippen molar-refractivity contribution >= 4 is 15.3 Å². The Morgan fingerprint density at radius 1 is 1.38 bits per heavy atom. The minimum absolute atomic E-state index is 0.0881. The topological polar surface area (TPSA) is 35.5 Å². The van der Waals surface area contributed by atoms with Crippen LogP contribution in [0.25, 0.3) is 0 Å². The van der Waals surface area contributed by atoms with Crippen LogP contribution in [0.5, 0.6) is 0 Å². The Kier molecular flexibility index (Phi) is 7.02. The van der Waals surface area contributed by atoms with Crippen LogP contribution in [-0.4, -0.2) is 39.8 Å². The SMILES string of the molecule is C[SiH](C)O[C@H](COC(C)(C)C)C[C@@H](F)C=O. The predicted octanol–water partition coefficient (Wildman–Crippen LogP) is 2.10. The molecule has 96 valence electrons. The van der Waals surface area contributed by atoms with Crippen LogP contribution >= 0.6 is 0 Å². The molecule has 0 aromatic rings. The lowest BCUT2D eigenvalue weighted by atomic mass is 10.1. The summed E-state index contributed by atoms with van der Waals surface area (Å²) in [6, 6.07) is 0. The van der Waals surface area contributed by atoms with Crippen molar-refractivity contribution in [1.29, 1.82) is 0 Å². The molecule has 0 heterocycles. The average Bonchev–Trinajstić information content (AvgIpc) is 2.12. The van der Waals surface area contributed by atoms with E-state index in [1.165, 1.54) is 0 Å². The fourth-order valence-electron chi connectivity index (χ4n) is 1.20. The molecule has 0 saturated heterocycles. The van der Waals surface area contributed by atoms with Crippen LogP contribution in [0.15, 0.2) is 0 Å². The van der Waals surface area contributed by atoms with Crippen molar-refractivity contribution in [1.82, 2.24) is 0 Å². The van der Waals surface area contributed by atoms with Gasteiger partial charge in [0, 0.05) is 6.42 Å². The van der Waals surface area contributed by atoms with Gasteiger partial charge in [0.1, 0.15) is 0 Å². The van der Waals surface area contributed by atoms with E-state index < -0.39 is 15.2 Å². The molecule has 16 heavy (non-hydrogen) atoms. The van der Waals surface area contributed by atoms with Crippen LogP contribution < -0.4 is 0 Å². The highest BCUT2D eigenvalue weighted by Gasteiger charge is 2.20. The Balaban J connectivity index is 4.15. The molecule has 0 aliphatic heterocycles. The van der Waals surface area contributed by atoms with Crippen LogP contribution in [0.3, 0.4) is 0 Å². The molecule has 0 bridgehead atoms. The second-order valence-corrected chi connectivity index (χ2v) is 7.49. The van der Waals surface area contributed by atoms with Crippen LogP contribution in [0.2, 0.25) is 13.1 Å². The Labute approximate surface area is 99.0 Å². The summed E-state index contributed by atoms with van der Waals surface area (Å²) in [5.41, 5.74) is -0.271. The molecular weight excluding hydrogens is 227 g/mol. The maximum absolute atomic E-state index is 13.0. The summed E-state index contributed by atoms with van der Waals surface area (Å²) in [5, 5.41) is 0. The smallest absolute Gasteiger partial charge is 0.171 e. The van der Waals surface area contributed by atoms with Gasteiger partial charge in [0.15, 0.2) is 21.5 Å². The lowest BCUT2D eigenvalue weighted by Crippen LogP contribution is -2.33. The van der Waals surface area contributed by atoms with E-state index in [0.29, 0.717) is 12.9 Å². The summed E-state index contributed by atoms with van der Waals surface area (Å²) >= 11 is 0. The first kappa shape index (κ1) is 15.7. The lowest BCUT2D eigenvalue weighted by Gasteiger charge is -2.26. The second kappa shape index (κ2) is 7.14. The summed E-state index contributed by atoms with van der Waals surface area (Å²) < 4.78 is 24.1. The summed E-state index contributed by atoms with van der Waals surface area (Å²) in [7, 11) is -1.25. The number of carbonyl (C=O) groups is 1. The summed E-state index contributed by atoms with van der Waals surface area (Å²) in [5.74, 6) is 0. The Hall–Kier alpha value is -0.263. The average molecular weight is 250 g/mol. The van der Waals surface area contributed by atoms with Crippen LogP contribution in [0, 0.1) is 0 Å². The van der Waals surface area contributed by atoms with Gasteiger partial charge in [0.25, 0.3) is 0 Å². The van der Waals surface area contributed by atoms with Crippen LogP contribution in [0.1, 0.15) is 27.2 Å². The van der Waals surface area contributed by atoms with E-state index in [1.54, 1.807) is 0 Å². The fraction of sp³-hybridized carbons (Fsp3) is 0.909. The molecule has 3 nitrogen and oxygen atoms in total. The molecule has 0 rings (SSSR count). The van der Waals surface area contributed by atoms with Gasteiger partial charge in [-0.3, -0.25) is 0 Å². The molecule has 0 aliphatic rings. The third-order valence-electron chi connectivity index (χ3n) is 1.80. The van der Waals surface area contributed by atoms with Gasteiger partial charge in [-0.05, 0) is 33.9 Å². The van der Waals surface area contributed by atoms with Crippen molar-refractivity contribution in [3.05, 3.63) is 0 Å². The van der Waals surface area contributed by atoms with Crippen molar-refractivity contribution in [2.24, 2.45) is 0 Å². The van der Waals surface area contributed by atoms with Crippen LogP contribution in [0.4, 0.5) is 4.39 Å². The maximum atomic E-state index is 13.0. The molecule has 0 N–H and O–H groups in total. The number of hydrogen-bond donors (Lipinski definition) is 0. The first-order valence-electron chi connectivity index (χ1n) is 5.63. The van der Waals surface area contributed by atoms with Gasteiger partial charge in [-0.15, -0.1) is 0 Å². The van der Waals surface area contributed by atoms with E-state index >= 15 is 0 Å². The maximum Gasteiger partial charge on any atom is 0.171 e. The second-order valence-electron chi connectivity index (χ2n) is 5.12. The first-order chi connectivity index (χ1) is 7.24. The van der Waals surface area contributed by atoms with Gasteiger partial charge >= 0.3 is 0 Å². The Morgan fingerprint density at radius 2 is 1.94 bits per heavy atom. The zero-order chi connectivity index (χ0) is 12.8. The summed E-state index contributed by atoms with van der Waals surface area (Å²) in [4.78, 5) is 10.3. The van der Waals surface area contributed by atoms with Crippen LogP contribution in [-0.2, 0) is 14.0 Å². The zero-order valence-electron chi connectivity index (χ0n) is 10.8. The molecule has 0 saturated carbocycles. The molecule has 2 atom stereocenters. The lowest BCUT2D eigenvalue weighted by molar-refractivity contribution is -0.113. The highest BCUT2D eigenvalue weighted by atomic mass is 28.3. The molecular formula is C11H23FO3Si. The molecule has 0 aromatic heterocycles. The van der Waals surface area contributed by atoms with Gasteiger partial charge in [0.05, 0.1) is 18.3 Å². The number of rotatable bonds is 7. The van der Waals surface area contributed by atoms with E-state index in [2.05, 4.69) is 0 Å². The first-order valence-corrected chi connectivity index (χ1v) is 8.41. The minimum atomic E-state index is -1.46. The van der Waals surface area contributed by atoms with Crippen molar-refractivity contribution < 1.29 is 18.3 Å². The molecule has 0 aliphatic carbocycles. The third kappa shape index (κ3) is 9.00. The number of ether oxygens (including phenoxy) is 1. The highest BCUT2D eigenvalue weighted by molar-refractivity contribution is 6.48. The number of aldehydes is 1. The molecule has 0 fully saturated rings. The van der Waals surface area contributed by atoms with E-state index in [-0.39, 0.29) is 18.1 Å². The number of halogens is 1. The highest BCUT2D eigenvalue weighted by Crippen LogP contribution is 2.12. The predicted molar refractivity (Wildman–Crippen MR) is 65.0 cm³/mol. The third-order valence-corrected chi connectivity index (χ3v) is 2.73. The van der Waals surface area contributed by atoms with Gasteiger partial charge in [-0.2, -0.15) is 0 Å². The molecule has 0 unspecified atom stereocenters. The van der Waals surface area contributed by atoms with Crippen molar-refractivity contribution in [2.45, 2.75) is 58.2 Å². The van der Waals surface area contributed by atoms with Crippen molar-refractivity contribution in [3.8, 4) is 0 Å². The molecule has 0 aromatic carbocycles. The quantitative estimate of drug-likeness (QED) is 0.513.